The number of ether oxygens (including phenoxy) is 1. The molecule has 0 saturated heterocycles. The molecule has 2 nitrogen and oxygen atoms in total. The van der Waals surface area contributed by atoms with Gasteiger partial charge in [-0.05, 0) is 16.7 Å². The van der Waals surface area contributed by atoms with Crippen LogP contribution in [0.5, 0.6) is 0 Å². The van der Waals surface area contributed by atoms with E-state index in [0.717, 1.165) is 5.56 Å². The molecule has 3 aromatic rings. The zero-order chi connectivity index (χ0) is 17.3. The maximum Gasteiger partial charge on any atom is 0.317 e. The van der Waals surface area contributed by atoms with Crippen LogP contribution < -0.4 is 0 Å². The number of rotatable bonds is 4. The summed E-state index contributed by atoms with van der Waals surface area (Å²) in [5.41, 5.74) is 2.69. The Balaban J connectivity index is 1.92. The summed E-state index contributed by atoms with van der Waals surface area (Å²) in [7, 11) is 1.48. The van der Waals surface area contributed by atoms with Gasteiger partial charge in [0.25, 0.3) is 0 Å². The average Bonchev–Trinajstić information content (AvgIpc) is 3.41. The zero-order valence-electron chi connectivity index (χ0n) is 14.1. The van der Waals surface area contributed by atoms with E-state index in [1.165, 1.54) is 18.2 Å². The largest absolute Gasteiger partial charge is 0.468 e. The molecule has 0 N–H and O–H groups in total. The van der Waals surface area contributed by atoms with Gasteiger partial charge in [0, 0.05) is 11.8 Å². The third kappa shape index (κ3) is 2.37. The predicted octanol–water partition coefficient (Wildman–Crippen LogP) is 4.68. The summed E-state index contributed by atoms with van der Waals surface area (Å²) in [6.07, 6.45) is 0. The Bertz CT molecular complexity index is 811. The van der Waals surface area contributed by atoms with Crippen molar-refractivity contribution in [3.63, 3.8) is 0 Å². The van der Waals surface area contributed by atoms with E-state index in [1.807, 2.05) is 66.7 Å². The summed E-state index contributed by atoms with van der Waals surface area (Å²) in [4.78, 5) is 13.0. The van der Waals surface area contributed by atoms with Crippen LogP contribution in [0.2, 0.25) is 0 Å². The molecule has 0 amide bonds. The minimum Gasteiger partial charge on any atom is -0.468 e. The van der Waals surface area contributed by atoms with Gasteiger partial charge in [0.1, 0.15) is 5.41 Å². The molecule has 25 heavy (non-hydrogen) atoms. The second-order valence-corrected chi connectivity index (χ2v) is 6.50. The van der Waals surface area contributed by atoms with Gasteiger partial charge in [0.05, 0.1) is 7.11 Å². The Hall–Kier alpha value is -2.87. The third-order valence-electron chi connectivity index (χ3n) is 5.30. The third-order valence-corrected chi connectivity index (χ3v) is 5.30. The molecule has 2 atom stereocenters. The van der Waals surface area contributed by atoms with Crippen LogP contribution in [0.4, 0.5) is 0 Å². The fraction of sp³-hybridized carbons (Fsp3) is 0.174. The first kappa shape index (κ1) is 15.6. The molecule has 0 bridgehead atoms. The summed E-state index contributed by atoms with van der Waals surface area (Å²) in [5, 5.41) is 0. The summed E-state index contributed by atoms with van der Waals surface area (Å²) in [6.45, 7) is 0. The summed E-state index contributed by atoms with van der Waals surface area (Å²) in [6, 6.07) is 30.6. The summed E-state index contributed by atoms with van der Waals surface area (Å²) >= 11 is 0. The van der Waals surface area contributed by atoms with Gasteiger partial charge in [0.2, 0.25) is 0 Å². The van der Waals surface area contributed by atoms with E-state index in [9.17, 15) is 4.79 Å². The summed E-state index contributed by atoms with van der Waals surface area (Å²) in [5.74, 6) is -0.0155. The van der Waals surface area contributed by atoms with Crippen LogP contribution in [-0.2, 0) is 14.9 Å². The average molecular weight is 328 g/mol. The predicted molar refractivity (Wildman–Crippen MR) is 98.5 cm³/mol. The first-order valence-electron chi connectivity index (χ1n) is 8.54. The number of carbonyl (C=O) groups excluding carboxylic acids is 1. The number of hydrogen-bond donors (Lipinski definition) is 0. The van der Waals surface area contributed by atoms with E-state index in [0.29, 0.717) is 0 Å². The fourth-order valence-electron chi connectivity index (χ4n) is 4.23. The second kappa shape index (κ2) is 6.21. The van der Waals surface area contributed by atoms with Crippen molar-refractivity contribution in [1.82, 2.24) is 0 Å². The van der Waals surface area contributed by atoms with Crippen LogP contribution in [0.15, 0.2) is 91.0 Å². The van der Waals surface area contributed by atoms with Crippen LogP contribution in [-0.4, -0.2) is 13.1 Å². The van der Waals surface area contributed by atoms with Crippen LogP contribution in [0.25, 0.3) is 0 Å². The van der Waals surface area contributed by atoms with E-state index in [4.69, 9.17) is 4.74 Å². The lowest BCUT2D eigenvalue weighted by Gasteiger charge is -2.17. The van der Waals surface area contributed by atoms with E-state index in [-0.39, 0.29) is 17.8 Å². The Labute approximate surface area is 148 Å². The minimum atomic E-state index is -0.668. The van der Waals surface area contributed by atoms with E-state index in [2.05, 4.69) is 24.3 Å². The van der Waals surface area contributed by atoms with Crippen molar-refractivity contribution in [3.05, 3.63) is 108 Å². The quantitative estimate of drug-likeness (QED) is 0.650. The molecule has 1 saturated carbocycles. The normalized spacial score (nSPS) is 24.5. The Kier molecular flexibility index (Phi) is 3.89. The molecule has 2 heteroatoms. The Morgan fingerprint density at radius 3 is 1.52 bits per heavy atom. The lowest BCUT2D eigenvalue weighted by atomic mass is 9.89. The van der Waals surface area contributed by atoms with E-state index >= 15 is 0 Å². The molecule has 1 aliphatic carbocycles. The zero-order valence-corrected chi connectivity index (χ0v) is 14.1. The lowest BCUT2D eigenvalue weighted by molar-refractivity contribution is -0.144. The molecule has 124 valence electrons. The van der Waals surface area contributed by atoms with Gasteiger partial charge in [-0.1, -0.05) is 91.0 Å². The van der Waals surface area contributed by atoms with Crippen molar-refractivity contribution in [2.75, 3.05) is 7.11 Å². The Morgan fingerprint density at radius 2 is 1.12 bits per heavy atom. The number of methoxy groups -OCH3 is 1. The van der Waals surface area contributed by atoms with Gasteiger partial charge >= 0.3 is 5.97 Å². The highest BCUT2D eigenvalue weighted by atomic mass is 16.5. The monoisotopic (exact) mass is 328 g/mol. The standard InChI is InChI=1S/C23H20O2/c1-25-22(24)23(19-15-9-4-10-16-19)20(17-11-5-2-6-12-17)21(23)18-13-7-3-8-14-18/h2-16,20-21H,1H3/t20-,21-/m0/s1. The van der Waals surface area contributed by atoms with Gasteiger partial charge in [-0.25, -0.2) is 0 Å². The molecule has 0 aromatic heterocycles. The van der Waals surface area contributed by atoms with Crippen LogP contribution in [0, 0.1) is 0 Å². The fourth-order valence-corrected chi connectivity index (χ4v) is 4.23. The SMILES string of the molecule is COC(=O)C1(c2ccccc2)[C@@H](c2ccccc2)[C@@H]1c1ccccc1. The molecule has 0 unspecified atom stereocenters. The highest BCUT2D eigenvalue weighted by molar-refractivity contribution is 5.92. The second-order valence-electron chi connectivity index (χ2n) is 6.50. The molecular formula is C23H20O2. The maximum atomic E-state index is 13.0. The van der Waals surface area contributed by atoms with Gasteiger partial charge in [0.15, 0.2) is 0 Å². The molecule has 0 spiro atoms. The molecule has 1 aliphatic rings. The molecule has 3 aromatic carbocycles. The maximum absolute atomic E-state index is 13.0. The van der Waals surface area contributed by atoms with Crippen molar-refractivity contribution in [1.29, 1.82) is 0 Å². The van der Waals surface area contributed by atoms with Gasteiger partial charge in [-0.3, -0.25) is 4.79 Å². The molecule has 0 heterocycles. The number of hydrogen-bond acceptors (Lipinski definition) is 2. The van der Waals surface area contributed by atoms with Crippen LogP contribution >= 0.6 is 0 Å². The van der Waals surface area contributed by atoms with Crippen LogP contribution in [0.3, 0.4) is 0 Å². The molecule has 4 rings (SSSR count). The summed E-state index contributed by atoms with van der Waals surface area (Å²) < 4.78 is 5.30. The Morgan fingerprint density at radius 1 is 0.720 bits per heavy atom. The topological polar surface area (TPSA) is 26.3 Å². The van der Waals surface area contributed by atoms with E-state index in [1.54, 1.807) is 0 Å². The number of carbonyl (C=O) groups is 1. The van der Waals surface area contributed by atoms with Gasteiger partial charge in [-0.15, -0.1) is 0 Å². The first-order chi connectivity index (χ1) is 12.3. The minimum absolute atomic E-state index is 0.0750. The lowest BCUT2D eigenvalue weighted by Crippen LogP contribution is -2.25. The van der Waals surface area contributed by atoms with Crippen molar-refractivity contribution in [2.45, 2.75) is 17.3 Å². The molecule has 1 fully saturated rings. The van der Waals surface area contributed by atoms with Crippen molar-refractivity contribution in [2.24, 2.45) is 0 Å². The van der Waals surface area contributed by atoms with E-state index < -0.39 is 5.41 Å². The molecular weight excluding hydrogens is 308 g/mol. The van der Waals surface area contributed by atoms with Crippen molar-refractivity contribution >= 4 is 5.97 Å². The van der Waals surface area contributed by atoms with Crippen LogP contribution in [0.1, 0.15) is 28.5 Å². The molecule has 0 aliphatic heterocycles. The van der Waals surface area contributed by atoms with Gasteiger partial charge < -0.3 is 4.74 Å². The molecule has 0 radical (unpaired) electrons. The number of benzene rings is 3. The smallest absolute Gasteiger partial charge is 0.317 e. The highest BCUT2D eigenvalue weighted by Crippen LogP contribution is 2.71. The highest BCUT2D eigenvalue weighted by Gasteiger charge is 2.72. The first-order valence-corrected chi connectivity index (χ1v) is 8.54. The van der Waals surface area contributed by atoms with Gasteiger partial charge in [-0.2, -0.15) is 0 Å². The number of esters is 1. The van der Waals surface area contributed by atoms with Crippen molar-refractivity contribution < 1.29 is 9.53 Å². The van der Waals surface area contributed by atoms with Crippen molar-refractivity contribution in [3.8, 4) is 0 Å².